The molecule has 2 aliphatic heterocycles. The summed E-state index contributed by atoms with van der Waals surface area (Å²) < 4.78 is 5.57. The van der Waals surface area contributed by atoms with Crippen molar-refractivity contribution in [2.45, 2.75) is 31.3 Å². The molecule has 0 saturated carbocycles. The van der Waals surface area contributed by atoms with Crippen LogP contribution in [-0.4, -0.2) is 52.4 Å². The number of furan rings is 1. The third kappa shape index (κ3) is 3.78. The Morgan fingerprint density at radius 1 is 1.30 bits per heavy atom. The highest BCUT2D eigenvalue weighted by Gasteiger charge is 2.36. The van der Waals surface area contributed by atoms with Crippen molar-refractivity contribution in [1.29, 1.82) is 0 Å². The maximum atomic E-state index is 13.0. The van der Waals surface area contributed by atoms with E-state index in [1.54, 1.807) is 6.26 Å². The first-order chi connectivity index (χ1) is 13.2. The van der Waals surface area contributed by atoms with E-state index < -0.39 is 0 Å². The molecule has 1 fully saturated rings. The average Bonchev–Trinajstić information content (AvgIpc) is 3.42. The van der Waals surface area contributed by atoms with E-state index in [-0.39, 0.29) is 31.1 Å². The zero-order valence-electron chi connectivity index (χ0n) is 14.9. The van der Waals surface area contributed by atoms with Crippen LogP contribution < -0.4 is 0 Å². The first-order valence-electron chi connectivity index (χ1n) is 9.19. The van der Waals surface area contributed by atoms with E-state index in [2.05, 4.69) is 5.10 Å². The molecule has 3 heterocycles. The van der Waals surface area contributed by atoms with E-state index in [9.17, 15) is 9.90 Å². The Balaban J connectivity index is 1.57. The van der Waals surface area contributed by atoms with E-state index >= 15 is 0 Å². The summed E-state index contributed by atoms with van der Waals surface area (Å²) in [6, 6.07) is 11.0. The van der Waals surface area contributed by atoms with Crippen LogP contribution in [0.25, 0.3) is 0 Å². The van der Waals surface area contributed by atoms with Gasteiger partial charge in [0.15, 0.2) is 0 Å². The van der Waals surface area contributed by atoms with Crippen molar-refractivity contribution < 1.29 is 14.3 Å². The lowest BCUT2D eigenvalue weighted by Crippen LogP contribution is -2.41. The van der Waals surface area contributed by atoms with Gasteiger partial charge in [0.05, 0.1) is 25.1 Å². The summed E-state index contributed by atoms with van der Waals surface area (Å²) in [4.78, 5) is 15.1. The largest absolute Gasteiger partial charge is 0.467 e. The van der Waals surface area contributed by atoms with Crippen LogP contribution in [0, 0.1) is 0 Å². The highest BCUT2D eigenvalue weighted by Crippen LogP contribution is 2.33. The smallest absolute Gasteiger partial charge is 0.257 e. The molecule has 2 atom stereocenters. The van der Waals surface area contributed by atoms with Gasteiger partial charge in [0, 0.05) is 17.5 Å². The van der Waals surface area contributed by atoms with Gasteiger partial charge in [-0.15, -0.1) is 0 Å². The number of carbonyl (C=O) groups is 1. The summed E-state index contributed by atoms with van der Waals surface area (Å²) in [5, 5.41) is 16.3. The van der Waals surface area contributed by atoms with Gasteiger partial charge in [-0.05, 0) is 49.2 Å². The number of hydrogen-bond acceptors (Lipinski definition) is 5. The van der Waals surface area contributed by atoms with Gasteiger partial charge in [0.25, 0.3) is 5.91 Å². The van der Waals surface area contributed by atoms with E-state index in [0.717, 1.165) is 36.4 Å². The first-order valence-corrected chi connectivity index (χ1v) is 9.57. The number of hydrogen-bond donors (Lipinski definition) is 1. The van der Waals surface area contributed by atoms with Crippen molar-refractivity contribution in [3.05, 3.63) is 59.0 Å². The molecule has 1 saturated heterocycles. The molecule has 1 unspecified atom stereocenters. The van der Waals surface area contributed by atoms with Gasteiger partial charge in [-0.2, -0.15) is 5.10 Å². The minimum atomic E-state index is -0.256. The zero-order valence-corrected chi connectivity index (χ0v) is 15.7. The van der Waals surface area contributed by atoms with Gasteiger partial charge in [-0.1, -0.05) is 23.7 Å². The lowest BCUT2D eigenvalue weighted by molar-refractivity contribution is -0.135. The Kier molecular flexibility index (Phi) is 5.29. The summed E-state index contributed by atoms with van der Waals surface area (Å²) in [6.07, 6.45) is 4.12. The molecule has 1 aromatic heterocycles. The van der Waals surface area contributed by atoms with Gasteiger partial charge >= 0.3 is 0 Å². The number of nitrogens with zero attached hydrogens (tertiary/aromatic N) is 3. The molecule has 0 radical (unpaired) electrons. The Morgan fingerprint density at radius 3 is 2.81 bits per heavy atom. The first kappa shape index (κ1) is 18.2. The van der Waals surface area contributed by atoms with Gasteiger partial charge in [-0.3, -0.25) is 9.69 Å². The summed E-state index contributed by atoms with van der Waals surface area (Å²) >= 11 is 5.98. The molecular formula is C20H22ClN3O3. The second-order valence-electron chi connectivity index (χ2n) is 6.98. The van der Waals surface area contributed by atoms with Crippen LogP contribution in [-0.2, 0) is 4.79 Å². The van der Waals surface area contributed by atoms with Crippen molar-refractivity contribution in [2.24, 2.45) is 5.10 Å². The Hall–Kier alpha value is -2.15. The van der Waals surface area contributed by atoms with Crippen LogP contribution in [0.5, 0.6) is 0 Å². The van der Waals surface area contributed by atoms with E-state index in [1.165, 1.54) is 5.01 Å². The normalized spacial score (nSPS) is 23.0. The predicted molar refractivity (Wildman–Crippen MR) is 103 cm³/mol. The summed E-state index contributed by atoms with van der Waals surface area (Å²) in [7, 11) is 0. The molecule has 27 heavy (non-hydrogen) atoms. The third-order valence-corrected chi connectivity index (χ3v) is 5.52. The number of halogens is 1. The van der Waals surface area contributed by atoms with Crippen molar-refractivity contribution >= 4 is 23.2 Å². The number of amides is 1. The second kappa shape index (κ2) is 7.84. The fourth-order valence-electron chi connectivity index (χ4n) is 3.82. The van der Waals surface area contributed by atoms with E-state index in [4.69, 9.17) is 16.0 Å². The highest BCUT2D eigenvalue weighted by molar-refractivity contribution is 6.30. The lowest BCUT2D eigenvalue weighted by Gasteiger charge is -2.26. The summed E-state index contributed by atoms with van der Waals surface area (Å²) in [6.45, 7) is 1.15. The molecule has 2 aromatic rings. The second-order valence-corrected chi connectivity index (χ2v) is 7.41. The molecule has 1 N–H and O–H groups in total. The molecule has 0 bridgehead atoms. The van der Waals surface area contributed by atoms with Gasteiger partial charge in [-0.25, -0.2) is 5.01 Å². The SMILES string of the molecule is O=C(CN1CCC[C@H]1CO)N1N=C(c2ccc(Cl)cc2)CC1c1ccco1. The number of aliphatic hydroxyl groups is 1. The fraction of sp³-hybridized carbons (Fsp3) is 0.400. The van der Waals surface area contributed by atoms with Gasteiger partial charge in [0.1, 0.15) is 11.8 Å². The Labute approximate surface area is 163 Å². The van der Waals surface area contributed by atoms with E-state index in [1.807, 2.05) is 41.3 Å². The van der Waals surface area contributed by atoms with Crippen molar-refractivity contribution in [1.82, 2.24) is 9.91 Å². The lowest BCUT2D eigenvalue weighted by atomic mass is 10.0. The van der Waals surface area contributed by atoms with Crippen molar-refractivity contribution in [2.75, 3.05) is 19.7 Å². The predicted octanol–water partition coefficient (Wildman–Crippen LogP) is 3.07. The molecule has 1 aromatic carbocycles. The van der Waals surface area contributed by atoms with Crippen LogP contribution in [0.1, 0.15) is 36.6 Å². The van der Waals surface area contributed by atoms with E-state index in [0.29, 0.717) is 11.4 Å². The molecule has 6 nitrogen and oxygen atoms in total. The van der Waals surface area contributed by atoms with Crippen LogP contribution in [0.2, 0.25) is 5.02 Å². The highest BCUT2D eigenvalue weighted by atomic mass is 35.5. The maximum absolute atomic E-state index is 13.0. The van der Waals surface area contributed by atoms with Gasteiger partial charge < -0.3 is 9.52 Å². The minimum absolute atomic E-state index is 0.0540. The van der Waals surface area contributed by atoms with Crippen LogP contribution >= 0.6 is 11.6 Å². The number of hydrazone groups is 1. The maximum Gasteiger partial charge on any atom is 0.257 e. The Bertz CT molecular complexity index is 820. The monoisotopic (exact) mass is 387 g/mol. The number of rotatable bonds is 5. The van der Waals surface area contributed by atoms with Gasteiger partial charge in [0.2, 0.25) is 0 Å². The van der Waals surface area contributed by atoms with Crippen LogP contribution in [0.15, 0.2) is 52.2 Å². The van der Waals surface area contributed by atoms with Crippen LogP contribution in [0.4, 0.5) is 0 Å². The summed E-state index contributed by atoms with van der Waals surface area (Å²) in [5.74, 6) is 0.636. The third-order valence-electron chi connectivity index (χ3n) is 5.26. The van der Waals surface area contributed by atoms with Crippen LogP contribution in [0.3, 0.4) is 0 Å². The van der Waals surface area contributed by atoms with Crippen molar-refractivity contribution in [3.8, 4) is 0 Å². The quantitative estimate of drug-likeness (QED) is 0.856. The number of likely N-dealkylation sites (tertiary alicyclic amines) is 1. The molecule has 1 amide bonds. The molecular weight excluding hydrogens is 366 g/mol. The number of aliphatic hydroxyl groups excluding tert-OH is 1. The Morgan fingerprint density at radius 2 is 2.11 bits per heavy atom. The number of carbonyl (C=O) groups excluding carboxylic acids is 1. The standard InChI is InChI=1S/C20H22ClN3O3/c21-15-7-5-14(6-8-15)17-11-18(19-4-2-10-27-19)24(22-17)20(26)12-23-9-1-3-16(23)13-25/h2,4-8,10,16,18,25H,1,3,9,11-13H2/t16-,18?/m0/s1. The fourth-order valence-corrected chi connectivity index (χ4v) is 3.94. The minimum Gasteiger partial charge on any atom is -0.467 e. The summed E-state index contributed by atoms with van der Waals surface area (Å²) in [5.41, 5.74) is 1.78. The number of benzene rings is 1. The zero-order chi connectivity index (χ0) is 18.8. The molecule has 2 aliphatic rings. The molecule has 142 valence electrons. The molecule has 0 aliphatic carbocycles. The van der Waals surface area contributed by atoms with Crippen molar-refractivity contribution in [3.63, 3.8) is 0 Å². The molecule has 7 heteroatoms. The molecule has 4 rings (SSSR count). The molecule has 0 spiro atoms. The topological polar surface area (TPSA) is 69.3 Å². The average molecular weight is 388 g/mol.